The molecule has 0 bridgehead atoms. The van der Waals surface area contributed by atoms with E-state index in [1.807, 2.05) is 38.1 Å². The molecular formula is C16H13BrClFN2. The molecule has 0 saturated carbocycles. The third kappa shape index (κ3) is 2.47. The first-order valence-corrected chi connectivity index (χ1v) is 7.79. The summed E-state index contributed by atoms with van der Waals surface area (Å²) in [5, 5.41) is -0.329. The predicted molar refractivity (Wildman–Crippen MR) is 87.7 cm³/mol. The van der Waals surface area contributed by atoms with Crippen LogP contribution in [0.15, 0.2) is 40.9 Å². The lowest BCUT2D eigenvalue weighted by atomic mass is 10.2. The Morgan fingerprint density at radius 1 is 1.29 bits per heavy atom. The van der Waals surface area contributed by atoms with E-state index < -0.39 is 0 Å². The van der Waals surface area contributed by atoms with Gasteiger partial charge < -0.3 is 0 Å². The molecular weight excluding hydrogens is 355 g/mol. The molecule has 1 unspecified atom stereocenters. The van der Waals surface area contributed by atoms with Gasteiger partial charge in [0.2, 0.25) is 0 Å². The highest BCUT2D eigenvalue weighted by Crippen LogP contribution is 2.33. The Morgan fingerprint density at radius 3 is 2.71 bits per heavy atom. The van der Waals surface area contributed by atoms with Gasteiger partial charge in [-0.25, -0.2) is 9.37 Å². The number of para-hydroxylation sites is 1. The van der Waals surface area contributed by atoms with Crippen molar-refractivity contribution in [3.63, 3.8) is 0 Å². The summed E-state index contributed by atoms with van der Waals surface area (Å²) >= 11 is 9.68. The van der Waals surface area contributed by atoms with Crippen LogP contribution in [0.25, 0.3) is 16.7 Å². The number of fused-ring (bicyclic) bond motifs is 1. The van der Waals surface area contributed by atoms with Crippen LogP contribution in [-0.2, 0) is 0 Å². The van der Waals surface area contributed by atoms with Crippen LogP contribution >= 0.6 is 27.5 Å². The lowest BCUT2D eigenvalue weighted by Crippen LogP contribution is -2.05. The maximum atomic E-state index is 14.4. The van der Waals surface area contributed by atoms with Crippen LogP contribution in [-0.4, -0.2) is 9.55 Å². The van der Waals surface area contributed by atoms with E-state index >= 15 is 0 Å². The molecule has 3 aromatic rings. The van der Waals surface area contributed by atoms with Gasteiger partial charge in [0, 0.05) is 4.47 Å². The number of nitrogens with zero attached hydrogens (tertiary/aromatic N) is 2. The highest BCUT2D eigenvalue weighted by atomic mass is 79.9. The number of halogens is 3. The first kappa shape index (κ1) is 14.5. The summed E-state index contributed by atoms with van der Waals surface area (Å²) in [6, 6.07) is 10.8. The van der Waals surface area contributed by atoms with Gasteiger partial charge in [-0.1, -0.05) is 12.1 Å². The lowest BCUT2D eigenvalue weighted by Gasteiger charge is -2.13. The summed E-state index contributed by atoms with van der Waals surface area (Å²) in [6.45, 7) is 3.83. The molecule has 0 spiro atoms. The predicted octanol–water partition coefficient (Wildman–Crippen LogP) is 5.54. The normalized spacial score (nSPS) is 12.8. The molecule has 2 nitrogen and oxygen atoms in total. The van der Waals surface area contributed by atoms with Crippen molar-refractivity contribution in [3.8, 4) is 5.69 Å². The zero-order valence-corrected chi connectivity index (χ0v) is 13.9. The Hall–Kier alpha value is -1.39. The number of aromatic nitrogens is 2. The van der Waals surface area contributed by atoms with Crippen molar-refractivity contribution in [2.75, 3.05) is 0 Å². The van der Waals surface area contributed by atoms with Gasteiger partial charge in [0.1, 0.15) is 11.6 Å². The highest BCUT2D eigenvalue weighted by molar-refractivity contribution is 9.10. The van der Waals surface area contributed by atoms with E-state index in [1.54, 1.807) is 10.6 Å². The van der Waals surface area contributed by atoms with Crippen molar-refractivity contribution in [1.82, 2.24) is 9.55 Å². The first-order chi connectivity index (χ1) is 9.99. The van der Waals surface area contributed by atoms with Gasteiger partial charge in [0.25, 0.3) is 0 Å². The van der Waals surface area contributed by atoms with Crippen molar-refractivity contribution in [1.29, 1.82) is 0 Å². The van der Waals surface area contributed by atoms with Gasteiger partial charge in [-0.15, -0.1) is 11.6 Å². The minimum absolute atomic E-state index is 0.316. The fraction of sp³-hybridized carbons (Fsp3) is 0.188. The number of imidazole rings is 1. The fourth-order valence-electron chi connectivity index (χ4n) is 2.41. The number of hydrogen-bond acceptors (Lipinski definition) is 1. The molecule has 0 N–H and O–H groups in total. The molecule has 0 amide bonds. The summed E-state index contributed by atoms with van der Waals surface area (Å²) in [5.74, 6) is 0.312. The smallest absolute Gasteiger partial charge is 0.148 e. The standard InChI is InChI=1S/C16H13BrClFN2/c1-9-6-7-13-14(8-9)21(16(20-13)10(2)18)15-11(17)4-3-5-12(15)19/h3-8,10H,1-2H3. The van der Waals surface area contributed by atoms with E-state index in [0.717, 1.165) is 16.6 Å². The molecule has 108 valence electrons. The third-order valence-electron chi connectivity index (χ3n) is 3.35. The molecule has 0 radical (unpaired) electrons. The summed E-state index contributed by atoms with van der Waals surface area (Å²) in [6.07, 6.45) is 0. The van der Waals surface area contributed by atoms with Crippen LogP contribution in [0.3, 0.4) is 0 Å². The Kier molecular flexibility index (Phi) is 3.76. The number of aryl methyl sites for hydroxylation is 1. The summed E-state index contributed by atoms with van der Waals surface area (Å²) < 4.78 is 16.8. The van der Waals surface area contributed by atoms with Gasteiger partial charge in [-0.05, 0) is 59.6 Å². The van der Waals surface area contributed by atoms with Gasteiger partial charge in [0.05, 0.1) is 22.1 Å². The maximum Gasteiger partial charge on any atom is 0.148 e. The molecule has 2 aromatic carbocycles. The molecule has 0 fully saturated rings. The molecule has 1 atom stereocenters. The molecule has 5 heteroatoms. The molecule has 0 aliphatic carbocycles. The summed E-state index contributed by atoms with van der Waals surface area (Å²) in [4.78, 5) is 4.56. The molecule has 0 saturated heterocycles. The van der Waals surface area contributed by atoms with Gasteiger partial charge in [-0.2, -0.15) is 0 Å². The maximum absolute atomic E-state index is 14.4. The van der Waals surface area contributed by atoms with Gasteiger partial charge in [0.15, 0.2) is 0 Å². The van der Waals surface area contributed by atoms with Crippen LogP contribution in [0.4, 0.5) is 4.39 Å². The third-order valence-corrected chi connectivity index (χ3v) is 4.19. The van der Waals surface area contributed by atoms with Crippen LogP contribution < -0.4 is 0 Å². The Labute approximate surface area is 135 Å². The second-order valence-corrected chi connectivity index (χ2v) is 6.49. The average Bonchev–Trinajstić information content (AvgIpc) is 2.78. The minimum Gasteiger partial charge on any atom is -0.291 e. The second-order valence-electron chi connectivity index (χ2n) is 4.98. The van der Waals surface area contributed by atoms with E-state index in [2.05, 4.69) is 20.9 Å². The number of alkyl halides is 1. The first-order valence-electron chi connectivity index (χ1n) is 6.56. The minimum atomic E-state index is -0.329. The van der Waals surface area contributed by atoms with E-state index in [0.29, 0.717) is 16.0 Å². The number of hydrogen-bond donors (Lipinski definition) is 0. The summed E-state index contributed by atoms with van der Waals surface area (Å²) in [7, 11) is 0. The van der Waals surface area contributed by atoms with Crippen molar-refractivity contribution in [2.24, 2.45) is 0 Å². The monoisotopic (exact) mass is 366 g/mol. The van der Waals surface area contributed by atoms with Gasteiger partial charge >= 0.3 is 0 Å². The largest absolute Gasteiger partial charge is 0.291 e. The fourth-order valence-corrected chi connectivity index (χ4v) is 3.07. The number of benzene rings is 2. The van der Waals surface area contributed by atoms with E-state index in [-0.39, 0.29) is 11.2 Å². The lowest BCUT2D eigenvalue weighted by molar-refractivity contribution is 0.615. The topological polar surface area (TPSA) is 17.8 Å². The highest BCUT2D eigenvalue weighted by Gasteiger charge is 2.20. The van der Waals surface area contributed by atoms with Crippen molar-refractivity contribution in [2.45, 2.75) is 19.2 Å². The molecule has 1 aromatic heterocycles. The Balaban J connectivity index is 2.44. The molecule has 3 rings (SSSR count). The van der Waals surface area contributed by atoms with E-state index in [9.17, 15) is 4.39 Å². The zero-order valence-electron chi connectivity index (χ0n) is 11.6. The summed E-state index contributed by atoms with van der Waals surface area (Å²) in [5.41, 5.74) is 3.18. The van der Waals surface area contributed by atoms with E-state index in [4.69, 9.17) is 11.6 Å². The van der Waals surface area contributed by atoms with Crippen molar-refractivity contribution < 1.29 is 4.39 Å². The Bertz CT molecular complexity index is 806. The Morgan fingerprint density at radius 2 is 2.05 bits per heavy atom. The number of rotatable bonds is 2. The van der Waals surface area contributed by atoms with Crippen molar-refractivity contribution >= 4 is 38.6 Å². The average molecular weight is 368 g/mol. The van der Waals surface area contributed by atoms with Crippen LogP contribution in [0, 0.1) is 12.7 Å². The van der Waals surface area contributed by atoms with Crippen LogP contribution in [0.1, 0.15) is 23.7 Å². The SMILES string of the molecule is Cc1ccc2nc(C(C)Cl)n(-c3c(F)cccc3Br)c2c1. The van der Waals surface area contributed by atoms with Crippen molar-refractivity contribution in [3.05, 3.63) is 58.1 Å². The molecule has 0 aliphatic heterocycles. The van der Waals surface area contributed by atoms with Crippen LogP contribution in [0.5, 0.6) is 0 Å². The zero-order chi connectivity index (χ0) is 15.1. The quantitative estimate of drug-likeness (QED) is 0.544. The van der Waals surface area contributed by atoms with Gasteiger partial charge in [-0.3, -0.25) is 4.57 Å². The molecule has 21 heavy (non-hydrogen) atoms. The molecule has 1 heterocycles. The second kappa shape index (κ2) is 5.43. The molecule has 0 aliphatic rings. The van der Waals surface area contributed by atoms with Crippen LogP contribution in [0.2, 0.25) is 0 Å². The van der Waals surface area contributed by atoms with E-state index in [1.165, 1.54) is 6.07 Å².